The van der Waals surface area contributed by atoms with Crippen molar-refractivity contribution >= 4 is 0 Å². The van der Waals surface area contributed by atoms with E-state index in [-0.39, 0.29) is 19.5 Å². The number of fused-ring (bicyclic) bond motifs is 1. The van der Waals surface area contributed by atoms with E-state index in [0.29, 0.717) is 11.5 Å². The first-order chi connectivity index (χ1) is 9.26. The summed E-state index contributed by atoms with van der Waals surface area (Å²) in [5.74, 6) is 2.92. The standard InChI is InChI=1S/C15H20O4/c1-10-2-4-12(5-3-10)19-13-7-15-14(17-9-18-15)6-11(13)8-16/h6-7,10,12,16H,2-5,8-9H2,1H3. The van der Waals surface area contributed by atoms with Crippen molar-refractivity contribution < 1.29 is 19.3 Å². The normalized spacial score (nSPS) is 25.4. The lowest BCUT2D eigenvalue weighted by atomic mass is 9.89. The van der Waals surface area contributed by atoms with E-state index in [9.17, 15) is 5.11 Å². The highest BCUT2D eigenvalue weighted by atomic mass is 16.7. The van der Waals surface area contributed by atoms with Gasteiger partial charge in [0.1, 0.15) is 5.75 Å². The molecule has 3 rings (SSSR count). The lowest BCUT2D eigenvalue weighted by Gasteiger charge is -2.27. The van der Waals surface area contributed by atoms with Crippen LogP contribution in [-0.2, 0) is 6.61 Å². The van der Waals surface area contributed by atoms with Gasteiger partial charge in [-0.2, -0.15) is 0 Å². The maximum atomic E-state index is 9.44. The Morgan fingerprint density at radius 1 is 1.16 bits per heavy atom. The minimum atomic E-state index is -0.0465. The molecule has 4 heteroatoms. The first-order valence-electron chi connectivity index (χ1n) is 6.96. The average molecular weight is 264 g/mol. The Labute approximate surface area is 113 Å². The number of ether oxygens (including phenoxy) is 3. The van der Waals surface area contributed by atoms with Crippen LogP contribution >= 0.6 is 0 Å². The van der Waals surface area contributed by atoms with Gasteiger partial charge in [-0.3, -0.25) is 0 Å². The molecule has 1 aliphatic heterocycles. The first-order valence-corrected chi connectivity index (χ1v) is 6.96. The molecule has 0 amide bonds. The third-order valence-corrected chi connectivity index (χ3v) is 3.98. The molecule has 1 fully saturated rings. The highest BCUT2D eigenvalue weighted by Gasteiger charge is 2.23. The van der Waals surface area contributed by atoms with Gasteiger partial charge >= 0.3 is 0 Å². The van der Waals surface area contributed by atoms with Gasteiger partial charge in [-0.1, -0.05) is 6.92 Å². The second-order valence-electron chi connectivity index (χ2n) is 5.47. The van der Waals surface area contributed by atoms with E-state index in [1.807, 2.05) is 12.1 Å². The van der Waals surface area contributed by atoms with Crippen molar-refractivity contribution in [1.82, 2.24) is 0 Å². The molecule has 2 aliphatic rings. The molecule has 1 aromatic rings. The molecule has 0 radical (unpaired) electrons. The quantitative estimate of drug-likeness (QED) is 0.912. The van der Waals surface area contributed by atoms with Gasteiger partial charge in [0, 0.05) is 11.6 Å². The molecule has 0 unspecified atom stereocenters. The summed E-state index contributed by atoms with van der Waals surface area (Å²) in [5, 5.41) is 9.44. The van der Waals surface area contributed by atoms with Gasteiger partial charge in [0.2, 0.25) is 6.79 Å². The molecule has 1 N–H and O–H groups in total. The van der Waals surface area contributed by atoms with Crippen LogP contribution in [0.25, 0.3) is 0 Å². The molecule has 104 valence electrons. The number of aliphatic hydroxyl groups is 1. The zero-order valence-corrected chi connectivity index (χ0v) is 11.2. The van der Waals surface area contributed by atoms with E-state index in [4.69, 9.17) is 14.2 Å². The van der Waals surface area contributed by atoms with Crippen LogP contribution in [0.3, 0.4) is 0 Å². The van der Waals surface area contributed by atoms with E-state index >= 15 is 0 Å². The van der Waals surface area contributed by atoms with E-state index in [1.54, 1.807) is 0 Å². The van der Waals surface area contributed by atoms with Crippen molar-refractivity contribution in [2.75, 3.05) is 6.79 Å². The zero-order valence-electron chi connectivity index (χ0n) is 11.2. The van der Waals surface area contributed by atoms with Crippen LogP contribution in [0.4, 0.5) is 0 Å². The fraction of sp³-hybridized carbons (Fsp3) is 0.600. The Balaban J connectivity index is 1.76. The van der Waals surface area contributed by atoms with Crippen LogP contribution < -0.4 is 14.2 Å². The highest BCUT2D eigenvalue weighted by molar-refractivity contribution is 5.51. The van der Waals surface area contributed by atoms with Gasteiger partial charge in [0.25, 0.3) is 0 Å². The van der Waals surface area contributed by atoms with Crippen molar-refractivity contribution in [2.24, 2.45) is 5.92 Å². The zero-order chi connectivity index (χ0) is 13.2. The Kier molecular flexibility index (Phi) is 3.51. The molecule has 19 heavy (non-hydrogen) atoms. The molecular formula is C15H20O4. The molecule has 0 bridgehead atoms. The molecule has 1 heterocycles. The Morgan fingerprint density at radius 3 is 2.53 bits per heavy atom. The predicted octanol–water partition coefficient (Wildman–Crippen LogP) is 2.87. The van der Waals surface area contributed by atoms with Crippen molar-refractivity contribution in [3.8, 4) is 17.2 Å². The Hall–Kier alpha value is -1.42. The molecule has 0 atom stereocenters. The van der Waals surface area contributed by atoms with E-state index in [1.165, 1.54) is 12.8 Å². The highest BCUT2D eigenvalue weighted by Crippen LogP contribution is 2.39. The smallest absolute Gasteiger partial charge is 0.231 e. The SMILES string of the molecule is CC1CCC(Oc2cc3c(cc2CO)OCO3)CC1. The lowest BCUT2D eigenvalue weighted by molar-refractivity contribution is 0.131. The maximum Gasteiger partial charge on any atom is 0.231 e. The fourth-order valence-electron chi connectivity index (χ4n) is 2.73. The van der Waals surface area contributed by atoms with Crippen LogP contribution in [0.1, 0.15) is 38.2 Å². The average Bonchev–Trinajstić information content (AvgIpc) is 2.87. The van der Waals surface area contributed by atoms with Crippen molar-refractivity contribution in [3.05, 3.63) is 17.7 Å². The number of aliphatic hydroxyl groups excluding tert-OH is 1. The van der Waals surface area contributed by atoms with E-state index in [2.05, 4.69) is 6.92 Å². The monoisotopic (exact) mass is 264 g/mol. The summed E-state index contributed by atoms with van der Waals surface area (Å²) in [4.78, 5) is 0. The Morgan fingerprint density at radius 2 is 1.84 bits per heavy atom. The minimum absolute atomic E-state index is 0.0465. The fourth-order valence-corrected chi connectivity index (χ4v) is 2.73. The summed E-state index contributed by atoms with van der Waals surface area (Å²) in [6.07, 6.45) is 4.84. The molecule has 1 aliphatic carbocycles. The van der Waals surface area contributed by atoms with Crippen LogP contribution in [-0.4, -0.2) is 18.0 Å². The third kappa shape index (κ3) is 2.63. The number of benzene rings is 1. The van der Waals surface area contributed by atoms with Crippen LogP contribution in [0.2, 0.25) is 0 Å². The minimum Gasteiger partial charge on any atom is -0.490 e. The molecule has 4 nitrogen and oxygen atoms in total. The van der Waals surface area contributed by atoms with E-state index < -0.39 is 0 Å². The first kappa shape index (κ1) is 12.6. The number of hydrogen-bond acceptors (Lipinski definition) is 4. The molecular weight excluding hydrogens is 244 g/mol. The van der Waals surface area contributed by atoms with Crippen LogP contribution in [0.5, 0.6) is 17.2 Å². The van der Waals surface area contributed by atoms with Crippen molar-refractivity contribution in [2.45, 2.75) is 45.3 Å². The van der Waals surface area contributed by atoms with Gasteiger partial charge in [0.15, 0.2) is 11.5 Å². The summed E-state index contributed by atoms with van der Waals surface area (Å²) in [6.45, 7) is 2.48. The number of rotatable bonds is 3. The summed E-state index contributed by atoms with van der Waals surface area (Å²) >= 11 is 0. The van der Waals surface area contributed by atoms with Crippen molar-refractivity contribution in [1.29, 1.82) is 0 Å². The molecule has 0 aromatic heterocycles. The summed E-state index contributed by atoms with van der Waals surface area (Å²) in [7, 11) is 0. The summed E-state index contributed by atoms with van der Waals surface area (Å²) < 4.78 is 16.7. The van der Waals surface area contributed by atoms with Crippen LogP contribution in [0.15, 0.2) is 12.1 Å². The van der Waals surface area contributed by atoms with E-state index in [0.717, 1.165) is 30.1 Å². The number of hydrogen-bond donors (Lipinski definition) is 1. The Bertz CT molecular complexity index is 450. The van der Waals surface area contributed by atoms with Gasteiger partial charge in [-0.25, -0.2) is 0 Å². The van der Waals surface area contributed by atoms with Crippen molar-refractivity contribution in [3.63, 3.8) is 0 Å². The topological polar surface area (TPSA) is 47.9 Å². The lowest BCUT2D eigenvalue weighted by Crippen LogP contribution is -2.23. The second-order valence-corrected chi connectivity index (χ2v) is 5.47. The second kappa shape index (κ2) is 5.29. The van der Waals surface area contributed by atoms with Gasteiger partial charge in [-0.05, 0) is 37.7 Å². The molecule has 1 aromatic carbocycles. The predicted molar refractivity (Wildman–Crippen MR) is 70.5 cm³/mol. The third-order valence-electron chi connectivity index (χ3n) is 3.98. The van der Waals surface area contributed by atoms with Gasteiger partial charge in [0.05, 0.1) is 12.7 Å². The summed E-state index contributed by atoms with van der Waals surface area (Å²) in [6, 6.07) is 3.65. The van der Waals surface area contributed by atoms with Gasteiger partial charge < -0.3 is 19.3 Å². The van der Waals surface area contributed by atoms with Gasteiger partial charge in [-0.15, -0.1) is 0 Å². The summed E-state index contributed by atoms with van der Waals surface area (Å²) in [5.41, 5.74) is 0.767. The molecule has 0 saturated heterocycles. The maximum absolute atomic E-state index is 9.44. The molecule has 0 spiro atoms. The molecule has 1 saturated carbocycles. The largest absolute Gasteiger partial charge is 0.490 e. The van der Waals surface area contributed by atoms with Crippen LogP contribution in [0, 0.1) is 5.92 Å².